The van der Waals surface area contributed by atoms with Gasteiger partial charge in [0.15, 0.2) is 0 Å². The summed E-state index contributed by atoms with van der Waals surface area (Å²) in [6, 6.07) is 23.4. The van der Waals surface area contributed by atoms with Crippen molar-refractivity contribution in [3.8, 4) is 0 Å². The molecule has 0 bridgehead atoms. The average molecular weight is 461 g/mol. The third kappa shape index (κ3) is 5.44. The monoisotopic (exact) mass is 460 g/mol. The van der Waals surface area contributed by atoms with Gasteiger partial charge >= 0.3 is 5.97 Å². The van der Waals surface area contributed by atoms with Crippen molar-refractivity contribution in [1.82, 2.24) is 4.57 Å². The van der Waals surface area contributed by atoms with Gasteiger partial charge in [0.05, 0.1) is 16.2 Å². The number of hydrogen-bond donors (Lipinski definition) is 2. The zero-order chi connectivity index (χ0) is 23.2. The van der Waals surface area contributed by atoms with Crippen LogP contribution in [0.4, 0.5) is 5.69 Å². The highest BCUT2D eigenvalue weighted by Crippen LogP contribution is 2.28. The Morgan fingerprint density at radius 1 is 0.939 bits per heavy atom. The van der Waals surface area contributed by atoms with Gasteiger partial charge < -0.3 is 15.0 Å². The van der Waals surface area contributed by atoms with E-state index in [1.807, 2.05) is 48.5 Å². The molecule has 33 heavy (non-hydrogen) atoms. The molecule has 0 spiro atoms. The number of carbonyl (C=O) groups is 1. The summed E-state index contributed by atoms with van der Waals surface area (Å²) in [6.07, 6.45) is 4.36. The van der Waals surface area contributed by atoms with E-state index < -0.39 is 11.4 Å². The van der Waals surface area contributed by atoms with Crippen molar-refractivity contribution < 1.29 is 9.90 Å². The second kappa shape index (κ2) is 10.4. The van der Waals surface area contributed by atoms with E-state index in [0.717, 1.165) is 24.8 Å². The largest absolute Gasteiger partial charge is 0.477 e. The minimum atomic E-state index is -1.24. The van der Waals surface area contributed by atoms with E-state index in [1.54, 1.807) is 16.7 Å². The number of benzene rings is 3. The van der Waals surface area contributed by atoms with Crippen LogP contribution >= 0.6 is 11.6 Å². The van der Waals surface area contributed by atoms with Crippen molar-refractivity contribution in [3.05, 3.63) is 111 Å². The topological polar surface area (TPSA) is 71.3 Å². The van der Waals surface area contributed by atoms with Gasteiger partial charge in [0, 0.05) is 24.7 Å². The Morgan fingerprint density at radius 2 is 1.61 bits per heavy atom. The maximum absolute atomic E-state index is 12.9. The number of anilines is 1. The smallest absolute Gasteiger partial charge is 0.341 e. The van der Waals surface area contributed by atoms with Crippen molar-refractivity contribution in [3.63, 3.8) is 0 Å². The Hall–Kier alpha value is -3.57. The summed E-state index contributed by atoms with van der Waals surface area (Å²) in [6.45, 7) is 1.13. The van der Waals surface area contributed by atoms with Crippen molar-refractivity contribution in [2.24, 2.45) is 0 Å². The minimum Gasteiger partial charge on any atom is -0.477 e. The van der Waals surface area contributed by atoms with E-state index >= 15 is 0 Å². The van der Waals surface area contributed by atoms with E-state index in [4.69, 9.17) is 11.6 Å². The number of fused-ring (bicyclic) bond motifs is 1. The zero-order valence-electron chi connectivity index (χ0n) is 18.1. The van der Waals surface area contributed by atoms with Crippen molar-refractivity contribution in [1.29, 1.82) is 0 Å². The number of unbranched alkanes of at least 4 members (excludes halogenated alkanes) is 1. The number of nitrogens with one attached hydrogen (secondary N) is 1. The second-order valence-electron chi connectivity index (χ2n) is 8.01. The van der Waals surface area contributed by atoms with Gasteiger partial charge in [-0.15, -0.1) is 0 Å². The van der Waals surface area contributed by atoms with Gasteiger partial charge in [-0.1, -0.05) is 72.3 Å². The summed E-state index contributed by atoms with van der Waals surface area (Å²) in [7, 11) is 0. The lowest BCUT2D eigenvalue weighted by Crippen LogP contribution is -2.19. The van der Waals surface area contributed by atoms with E-state index in [2.05, 4.69) is 17.4 Å². The van der Waals surface area contributed by atoms with Crippen LogP contribution in [0.5, 0.6) is 0 Å². The summed E-state index contributed by atoms with van der Waals surface area (Å²) in [5.41, 5.74) is 2.78. The van der Waals surface area contributed by atoms with Crippen molar-refractivity contribution in [2.45, 2.75) is 25.8 Å². The molecular formula is C27H25ClN2O3. The molecule has 6 heteroatoms. The average Bonchev–Trinajstić information content (AvgIpc) is 2.82. The molecule has 3 aromatic carbocycles. The summed E-state index contributed by atoms with van der Waals surface area (Å²) < 4.78 is 1.77. The maximum atomic E-state index is 12.9. The lowest BCUT2D eigenvalue weighted by atomic mass is 10.1. The molecule has 0 aliphatic rings. The molecule has 0 aliphatic carbocycles. The van der Waals surface area contributed by atoms with Crippen LogP contribution in [0.25, 0.3) is 10.9 Å². The number of hydrogen-bond acceptors (Lipinski definition) is 3. The fourth-order valence-electron chi connectivity index (χ4n) is 3.93. The fraction of sp³-hybridized carbons (Fsp3) is 0.185. The third-order valence-electron chi connectivity index (χ3n) is 5.65. The first-order chi connectivity index (χ1) is 16.0. The van der Waals surface area contributed by atoms with Gasteiger partial charge in [0.1, 0.15) is 5.56 Å². The van der Waals surface area contributed by atoms with Crippen LogP contribution in [-0.2, 0) is 13.0 Å². The number of carboxylic acid groups (broad SMARTS) is 1. The molecule has 2 N–H and O–H groups in total. The Balaban J connectivity index is 1.57. The molecular weight excluding hydrogens is 436 g/mol. The van der Waals surface area contributed by atoms with Gasteiger partial charge in [0.2, 0.25) is 5.43 Å². The maximum Gasteiger partial charge on any atom is 0.341 e. The van der Waals surface area contributed by atoms with Crippen molar-refractivity contribution in [2.75, 3.05) is 11.9 Å². The molecule has 4 rings (SSSR count). The van der Waals surface area contributed by atoms with Crippen LogP contribution in [0.15, 0.2) is 83.8 Å². The number of aryl methyl sites for hydroxylation is 1. The van der Waals surface area contributed by atoms with Gasteiger partial charge in [-0.25, -0.2) is 4.79 Å². The Labute approximate surface area is 197 Å². The molecule has 0 amide bonds. The Kier molecular flexibility index (Phi) is 7.10. The van der Waals surface area contributed by atoms with Crippen LogP contribution in [0.1, 0.15) is 34.3 Å². The molecule has 0 unspecified atom stereocenters. The summed E-state index contributed by atoms with van der Waals surface area (Å²) in [4.78, 5) is 24.6. The van der Waals surface area contributed by atoms with E-state index in [1.165, 1.54) is 11.8 Å². The summed E-state index contributed by atoms with van der Waals surface area (Å²) in [5.74, 6) is -1.24. The van der Waals surface area contributed by atoms with Gasteiger partial charge in [-0.3, -0.25) is 4.79 Å². The Bertz CT molecular complexity index is 1320. The number of halogens is 1. The highest BCUT2D eigenvalue weighted by molar-refractivity contribution is 6.34. The molecule has 0 aliphatic heterocycles. The highest BCUT2D eigenvalue weighted by Gasteiger charge is 2.16. The summed E-state index contributed by atoms with van der Waals surface area (Å²) >= 11 is 6.55. The molecule has 0 atom stereocenters. The van der Waals surface area contributed by atoms with Crippen LogP contribution in [-0.4, -0.2) is 22.2 Å². The fourth-order valence-corrected chi connectivity index (χ4v) is 4.16. The summed E-state index contributed by atoms with van der Waals surface area (Å²) in [5, 5.41) is 13.7. The van der Waals surface area contributed by atoms with Crippen molar-refractivity contribution >= 4 is 34.2 Å². The third-order valence-corrected chi connectivity index (χ3v) is 5.96. The number of carboxylic acids is 1. The zero-order valence-corrected chi connectivity index (χ0v) is 18.9. The van der Waals surface area contributed by atoms with E-state index in [-0.39, 0.29) is 5.56 Å². The number of aromatic nitrogens is 1. The van der Waals surface area contributed by atoms with Crippen LogP contribution in [0.2, 0.25) is 5.02 Å². The molecule has 0 fully saturated rings. The number of nitrogens with zero attached hydrogens (tertiary/aromatic N) is 1. The molecule has 1 heterocycles. The first kappa shape index (κ1) is 22.6. The standard InChI is InChI=1S/C27H25ClN2O3/c28-23-16-25-21(15-24(23)29-14-8-7-11-19-9-3-1-4-10-19)26(31)22(27(32)33)18-30(25)17-20-12-5-2-6-13-20/h1-6,9-10,12-13,15-16,18,29H,7-8,11,14,17H2,(H,32,33). The SMILES string of the molecule is O=C(O)c1cn(Cc2ccccc2)c2cc(Cl)c(NCCCCc3ccccc3)cc2c1=O. The predicted octanol–water partition coefficient (Wildman–Crippen LogP) is 5.84. The first-order valence-electron chi connectivity index (χ1n) is 10.9. The van der Waals surface area contributed by atoms with Gasteiger partial charge in [-0.05, 0) is 42.5 Å². The predicted molar refractivity (Wildman–Crippen MR) is 134 cm³/mol. The second-order valence-corrected chi connectivity index (χ2v) is 8.42. The lowest BCUT2D eigenvalue weighted by molar-refractivity contribution is 0.0695. The molecule has 0 saturated carbocycles. The van der Waals surface area contributed by atoms with Crippen LogP contribution < -0.4 is 10.7 Å². The lowest BCUT2D eigenvalue weighted by Gasteiger charge is -2.15. The minimum absolute atomic E-state index is 0.255. The molecule has 0 saturated heterocycles. The molecule has 0 radical (unpaired) electrons. The quantitative estimate of drug-likeness (QED) is 0.308. The molecule has 168 valence electrons. The van der Waals surface area contributed by atoms with E-state index in [9.17, 15) is 14.7 Å². The molecule has 5 nitrogen and oxygen atoms in total. The molecule has 4 aromatic rings. The van der Waals surface area contributed by atoms with Gasteiger partial charge in [0.25, 0.3) is 0 Å². The number of pyridine rings is 1. The Morgan fingerprint density at radius 3 is 2.27 bits per heavy atom. The van der Waals surface area contributed by atoms with Gasteiger partial charge in [-0.2, -0.15) is 0 Å². The highest BCUT2D eigenvalue weighted by atomic mass is 35.5. The molecule has 1 aromatic heterocycles. The normalized spacial score (nSPS) is 10.9. The first-order valence-corrected chi connectivity index (χ1v) is 11.3. The van der Waals surface area contributed by atoms with Crippen LogP contribution in [0.3, 0.4) is 0 Å². The van der Waals surface area contributed by atoms with Crippen LogP contribution in [0, 0.1) is 0 Å². The van der Waals surface area contributed by atoms with E-state index in [0.29, 0.717) is 34.7 Å². The number of rotatable bonds is 9. The number of aromatic carboxylic acids is 1.